The van der Waals surface area contributed by atoms with Gasteiger partial charge in [-0.1, -0.05) is 6.92 Å². The van der Waals surface area contributed by atoms with Crippen LogP contribution in [0.4, 0.5) is 5.95 Å². The van der Waals surface area contributed by atoms with E-state index in [9.17, 15) is 4.79 Å². The van der Waals surface area contributed by atoms with Crippen molar-refractivity contribution in [2.24, 2.45) is 0 Å². The van der Waals surface area contributed by atoms with Gasteiger partial charge in [0, 0.05) is 22.5 Å². The Morgan fingerprint density at radius 1 is 1.45 bits per heavy atom. The molecule has 0 aromatic carbocycles. The summed E-state index contributed by atoms with van der Waals surface area (Å²) in [6, 6.07) is 3.43. The summed E-state index contributed by atoms with van der Waals surface area (Å²) in [7, 11) is 0. The Hall–Kier alpha value is -1.93. The van der Waals surface area contributed by atoms with Crippen molar-refractivity contribution in [1.29, 1.82) is 0 Å². The normalized spacial score (nSPS) is 11.1. The van der Waals surface area contributed by atoms with Gasteiger partial charge < -0.3 is 10.7 Å². The van der Waals surface area contributed by atoms with Crippen molar-refractivity contribution < 1.29 is 0 Å². The lowest BCUT2D eigenvalue weighted by Gasteiger charge is -2.02. The maximum atomic E-state index is 11.3. The molecule has 3 N–H and O–H groups in total. The highest BCUT2D eigenvalue weighted by atomic mass is 32.2. The number of aromatic amines is 1. The molecule has 0 aliphatic heterocycles. The number of aromatic nitrogens is 4. The monoisotopic (exact) mass is 305 g/mol. The maximum Gasteiger partial charge on any atom is 0.251 e. The summed E-state index contributed by atoms with van der Waals surface area (Å²) in [6.07, 6.45) is 2.40. The number of hydrogen-bond donors (Lipinski definition) is 2. The first kappa shape index (κ1) is 13.1. The largest absolute Gasteiger partial charge is 0.368 e. The molecule has 0 aliphatic carbocycles. The molecular weight excluding hydrogens is 294 g/mol. The average Bonchev–Trinajstić information content (AvgIpc) is 2.82. The van der Waals surface area contributed by atoms with Gasteiger partial charge in [0.1, 0.15) is 9.86 Å². The summed E-state index contributed by atoms with van der Waals surface area (Å²) in [6.45, 7) is 2.09. The van der Waals surface area contributed by atoms with E-state index in [0.717, 1.165) is 16.6 Å². The number of nitrogens with zero attached hydrogens (tertiary/aromatic N) is 3. The third kappa shape index (κ3) is 2.52. The van der Waals surface area contributed by atoms with E-state index in [-0.39, 0.29) is 11.5 Å². The van der Waals surface area contributed by atoms with Crippen LogP contribution in [0.5, 0.6) is 0 Å². The second kappa shape index (κ2) is 5.22. The van der Waals surface area contributed by atoms with Crippen LogP contribution in [0.1, 0.15) is 11.8 Å². The molecule has 3 aromatic rings. The molecule has 102 valence electrons. The first-order valence-electron chi connectivity index (χ1n) is 5.95. The van der Waals surface area contributed by atoms with Crippen molar-refractivity contribution in [3.05, 3.63) is 33.6 Å². The Balaban J connectivity index is 2.10. The van der Waals surface area contributed by atoms with E-state index >= 15 is 0 Å². The predicted molar refractivity (Wildman–Crippen MR) is 80.2 cm³/mol. The van der Waals surface area contributed by atoms with Crippen LogP contribution in [-0.2, 0) is 6.42 Å². The fraction of sp³-hybridized carbons (Fsp3) is 0.167. The molecule has 8 heteroatoms. The molecule has 20 heavy (non-hydrogen) atoms. The maximum absolute atomic E-state index is 11.3. The third-order valence-electron chi connectivity index (χ3n) is 2.62. The van der Waals surface area contributed by atoms with Crippen LogP contribution in [0, 0.1) is 0 Å². The third-order valence-corrected chi connectivity index (χ3v) is 4.69. The van der Waals surface area contributed by atoms with Crippen molar-refractivity contribution in [2.75, 3.05) is 5.73 Å². The van der Waals surface area contributed by atoms with Gasteiger partial charge >= 0.3 is 0 Å². The number of thiophene rings is 1. The number of fused-ring (bicyclic) bond motifs is 1. The van der Waals surface area contributed by atoms with Crippen LogP contribution in [0.2, 0.25) is 0 Å². The summed E-state index contributed by atoms with van der Waals surface area (Å²) in [5.74, 6) is 0.225. The summed E-state index contributed by atoms with van der Waals surface area (Å²) in [5, 5.41) is 2.14. The van der Waals surface area contributed by atoms with Crippen LogP contribution in [0.25, 0.3) is 10.2 Å². The first-order valence-corrected chi connectivity index (χ1v) is 7.58. The van der Waals surface area contributed by atoms with E-state index in [2.05, 4.69) is 32.9 Å². The zero-order valence-electron chi connectivity index (χ0n) is 10.6. The number of nitrogens with two attached hydrogens (primary N) is 1. The summed E-state index contributed by atoms with van der Waals surface area (Å²) < 4.78 is 0. The second-order valence-electron chi connectivity index (χ2n) is 4.01. The van der Waals surface area contributed by atoms with E-state index in [1.54, 1.807) is 11.3 Å². The van der Waals surface area contributed by atoms with E-state index in [0.29, 0.717) is 10.2 Å². The summed E-state index contributed by atoms with van der Waals surface area (Å²) in [5.41, 5.74) is 5.54. The van der Waals surface area contributed by atoms with Crippen LogP contribution in [-0.4, -0.2) is 19.9 Å². The Morgan fingerprint density at radius 3 is 3.05 bits per heavy atom. The van der Waals surface area contributed by atoms with Crippen LogP contribution in [0.15, 0.2) is 33.3 Å². The van der Waals surface area contributed by atoms with Gasteiger partial charge in [-0.2, -0.15) is 0 Å². The minimum atomic E-state index is -0.194. The van der Waals surface area contributed by atoms with Gasteiger partial charge in [-0.15, -0.1) is 11.3 Å². The molecular formula is C12H11N5OS2. The van der Waals surface area contributed by atoms with Crippen molar-refractivity contribution in [1.82, 2.24) is 19.9 Å². The van der Waals surface area contributed by atoms with Gasteiger partial charge in [-0.05, 0) is 24.2 Å². The lowest BCUT2D eigenvalue weighted by atomic mass is 10.3. The Bertz CT molecular complexity index is 826. The molecule has 0 saturated carbocycles. The van der Waals surface area contributed by atoms with Gasteiger partial charge in [-0.25, -0.2) is 15.0 Å². The minimum Gasteiger partial charge on any atom is -0.368 e. The molecule has 0 aliphatic rings. The summed E-state index contributed by atoms with van der Waals surface area (Å²) in [4.78, 5) is 28.6. The molecule has 0 unspecified atom stereocenters. The van der Waals surface area contributed by atoms with Gasteiger partial charge in [0.25, 0.3) is 5.56 Å². The molecule has 0 fully saturated rings. The number of nitrogen functional groups attached to an aromatic ring is 1. The lowest BCUT2D eigenvalue weighted by molar-refractivity contribution is 0.933. The summed E-state index contributed by atoms with van der Waals surface area (Å²) >= 11 is 2.88. The first-order chi connectivity index (χ1) is 9.65. The zero-order chi connectivity index (χ0) is 14.1. The Labute approximate surface area is 122 Å². The van der Waals surface area contributed by atoms with E-state index in [1.165, 1.54) is 28.9 Å². The quantitative estimate of drug-likeness (QED) is 0.568. The number of H-pyrrole nitrogens is 1. The number of anilines is 1. The lowest BCUT2D eigenvalue weighted by Crippen LogP contribution is -2.05. The predicted octanol–water partition coefficient (Wildman–Crippen LogP) is 2.07. The van der Waals surface area contributed by atoms with Gasteiger partial charge in [0.05, 0.1) is 0 Å². The topological polar surface area (TPSA) is 97.5 Å². The zero-order valence-corrected chi connectivity index (χ0v) is 12.2. The fourth-order valence-corrected chi connectivity index (χ4v) is 3.60. The highest BCUT2D eigenvalue weighted by molar-refractivity contribution is 7.99. The molecule has 0 saturated heterocycles. The molecule has 0 atom stereocenters. The Kier molecular flexibility index (Phi) is 3.41. The van der Waals surface area contributed by atoms with Crippen molar-refractivity contribution in [2.45, 2.75) is 23.5 Å². The van der Waals surface area contributed by atoms with Gasteiger partial charge in [-0.3, -0.25) is 4.79 Å². The number of rotatable bonds is 3. The molecule has 6 nitrogen and oxygen atoms in total. The second-order valence-corrected chi connectivity index (χ2v) is 6.11. The van der Waals surface area contributed by atoms with Crippen molar-refractivity contribution in [3.8, 4) is 0 Å². The van der Waals surface area contributed by atoms with Gasteiger partial charge in [0.2, 0.25) is 5.95 Å². The minimum absolute atomic E-state index is 0.194. The van der Waals surface area contributed by atoms with E-state index < -0.39 is 0 Å². The molecule has 3 rings (SSSR count). The van der Waals surface area contributed by atoms with E-state index in [4.69, 9.17) is 5.73 Å². The van der Waals surface area contributed by atoms with E-state index in [1.807, 2.05) is 0 Å². The molecule has 3 aromatic heterocycles. The molecule has 3 heterocycles. The number of aryl methyl sites for hydroxylation is 1. The molecule has 0 spiro atoms. The molecule has 0 bridgehead atoms. The smallest absolute Gasteiger partial charge is 0.251 e. The SMILES string of the molecule is CCc1cc2c(Sc3nccc(=O)[nH]3)nc(N)nc2s1. The van der Waals surface area contributed by atoms with Crippen LogP contribution in [0.3, 0.4) is 0 Å². The average molecular weight is 305 g/mol. The Morgan fingerprint density at radius 2 is 2.30 bits per heavy atom. The van der Waals surface area contributed by atoms with Gasteiger partial charge in [0.15, 0.2) is 5.16 Å². The standard InChI is InChI=1S/C12H11N5OS2/c1-2-6-5-7-9(19-6)16-11(13)17-10(7)20-12-14-4-3-8(18)15-12/h3-5H,2H2,1H3,(H2,13,16,17)(H,14,15,18). The number of nitrogens with one attached hydrogen (secondary N) is 1. The molecule has 0 radical (unpaired) electrons. The number of hydrogen-bond acceptors (Lipinski definition) is 7. The fourth-order valence-electron chi connectivity index (χ4n) is 1.71. The van der Waals surface area contributed by atoms with Crippen LogP contribution >= 0.6 is 23.1 Å². The van der Waals surface area contributed by atoms with Crippen molar-refractivity contribution in [3.63, 3.8) is 0 Å². The van der Waals surface area contributed by atoms with Crippen molar-refractivity contribution >= 4 is 39.3 Å². The molecule has 0 amide bonds. The highest BCUT2D eigenvalue weighted by Gasteiger charge is 2.12. The van der Waals surface area contributed by atoms with Crippen LogP contribution < -0.4 is 11.3 Å². The highest BCUT2D eigenvalue weighted by Crippen LogP contribution is 2.34.